The zero-order valence-electron chi connectivity index (χ0n) is 14.0. The fraction of sp³-hybridized carbons (Fsp3) is 0.389. The summed E-state index contributed by atoms with van der Waals surface area (Å²) in [5.74, 6) is -0.0343. The van der Waals surface area contributed by atoms with Gasteiger partial charge in [-0.05, 0) is 44.2 Å². The third-order valence-corrected chi connectivity index (χ3v) is 5.45. The molecule has 1 aliphatic rings. The summed E-state index contributed by atoms with van der Waals surface area (Å²) in [4.78, 5) is 24.6. The first-order chi connectivity index (χ1) is 11.6. The highest BCUT2D eigenvalue weighted by atomic mass is 32.1. The smallest absolute Gasteiger partial charge is 0.272 e. The summed E-state index contributed by atoms with van der Waals surface area (Å²) in [5, 5.41) is 2.01. The Balaban J connectivity index is 1.58. The van der Waals surface area contributed by atoms with Crippen molar-refractivity contribution in [1.29, 1.82) is 0 Å². The van der Waals surface area contributed by atoms with Gasteiger partial charge in [-0.2, -0.15) is 0 Å². The Hall–Kier alpha value is -2.21. The molecule has 0 aliphatic heterocycles. The van der Waals surface area contributed by atoms with Crippen LogP contribution in [0.4, 0.5) is 0 Å². The Morgan fingerprint density at radius 3 is 3.00 bits per heavy atom. The Labute approximate surface area is 145 Å². The Kier molecular flexibility index (Phi) is 3.84. The van der Waals surface area contributed by atoms with E-state index < -0.39 is 0 Å². The summed E-state index contributed by atoms with van der Waals surface area (Å²) in [7, 11) is 1.83. The van der Waals surface area contributed by atoms with Gasteiger partial charge in [-0.3, -0.25) is 9.20 Å². The fourth-order valence-corrected chi connectivity index (χ4v) is 4.10. The van der Waals surface area contributed by atoms with Gasteiger partial charge in [0.05, 0.1) is 17.9 Å². The van der Waals surface area contributed by atoms with Crippen LogP contribution in [0.15, 0.2) is 23.7 Å². The Morgan fingerprint density at radius 2 is 2.12 bits per heavy atom. The molecule has 0 saturated heterocycles. The fourth-order valence-electron chi connectivity index (χ4n) is 3.32. The van der Waals surface area contributed by atoms with Crippen LogP contribution in [0.1, 0.15) is 46.0 Å². The molecule has 1 amide bonds. The number of thiazole rings is 1. The maximum atomic E-state index is 12.8. The lowest BCUT2D eigenvalue weighted by Gasteiger charge is -2.19. The molecule has 124 valence electrons. The minimum absolute atomic E-state index is 0.0343. The molecule has 0 N–H and O–H groups in total. The van der Waals surface area contributed by atoms with Gasteiger partial charge >= 0.3 is 0 Å². The van der Waals surface area contributed by atoms with E-state index in [4.69, 9.17) is 0 Å². The van der Waals surface area contributed by atoms with Crippen molar-refractivity contribution >= 4 is 22.2 Å². The maximum absolute atomic E-state index is 12.8. The minimum Gasteiger partial charge on any atom is -0.334 e. The van der Waals surface area contributed by atoms with Crippen molar-refractivity contribution < 1.29 is 4.79 Å². The van der Waals surface area contributed by atoms with Crippen LogP contribution in [0.5, 0.6) is 0 Å². The number of carbonyl (C=O) groups excluding carboxylic acids is 1. The molecule has 24 heavy (non-hydrogen) atoms. The van der Waals surface area contributed by atoms with Crippen LogP contribution in [0.25, 0.3) is 4.96 Å². The molecule has 0 bridgehead atoms. The molecule has 1 aliphatic carbocycles. The quantitative estimate of drug-likeness (QED) is 0.735. The number of aromatic nitrogens is 3. The molecule has 3 aromatic heterocycles. The first-order valence-corrected chi connectivity index (χ1v) is 9.17. The molecule has 0 spiro atoms. The van der Waals surface area contributed by atoms with Gasteiger partial charge in [-0.1, -0.05) is 6.07 Å². The number of nitrogens with zero attached hydrogens (tertiary/aromatic N) is 4. The van der Waals surface area contributed by atoms with Crippen LogP contribution in [0, 0.1) is 6.92 Å². The molecular weight excluding hydrogens is 320 g/mol. The van der Waals surface area contributed by atoms with Crippen LogP contribution < -0.4 is 0 Å². The molecule has 0 atom stereocenters. The number of aryl methyl sites for hydroxylation is 3. The van der Waals surface area contributed by atoms with Crippen molar-refractivity contribution in [3.63, 3.8) is 0 Å². The largest absolute Gasteiger partial charge is 0.334 e. The van der Waals surface area contributed by atoms with Gasteiger partial charge < -0.3 is 4.90 Å². The van der Waals surface area contributed by atoms with Crippen molar-refractivity contribution in [2.75, 3.05) is 7.05 Å². The summed E-state index contributed by atoms with van der Waals surface area (Å²) < 4.78 is 2.06. The molecule has 3 heterocycles. The molecule has 4 rings (SSSR count). The van der Waals surface area contributed by atoms with Gasteiger partial charge in [0.25, 0.3) is 5.91 Å². The first kappa shape index (κ1) is 15.3. The summed E-state index contributed by atoms with van der Waals surface area (Å²) in [6, 6.07) is 3.94. The summed E-state index contributed by atoms with van der Waals surface area (Å²) in [5.41, 5.74) is 4.97. The average molecular weight is 340 g/mol. The van der Waals surface area contributed by atoms with Gasteiger partial charge in [-0.25, -0.2) is 9.97 Å². The summed E-state index contributed by atoms with van der Waals surface area (Å²) in [6.07, 6.45) is 6.46. The average Bonchev–Trinajstić information content (AvgIpc) is 3.16. The lowest BCUT2D eigenvalue weighted by atomic mass is 9.96. The van der Waals surface area contributed by atoms with Crippen LogP contribution in [-0.2, 0) is 19.4 Å². The van der Waals surface area contributed by atoms with Gasteiger partial charge in [0.1, 0.15) is 5.69 Å². The molecule has 0 saturated carbocycles. The van der Waals surface area contributed by atoms with Crippen LogP contribution in [-0.4, -0.2) is 32.2 Å². The van der Waals surface area contributed by atoms with Crippen LogP contribution in [0.3, 0.4) is 0 Å². The molecule has 3 aromatic rings. The van der Waals surface area contributed by atoms with Crippen molar-refractivity contribution in [2.45, 2.75) is 39.2 Å². The van der Waals surface area contributed by atoms with E-state index in [0.29, 0.717) is 12.2 Å². The first-order valence-electron chi connectivity index (χ1n) is 8.29. The highest BCUT2D eigenvalue weighted by molar-refractivity contribution is 7.15. The number of carbonyl (C=O) groups is 1. The van der Waals surface area contributed by atoms with E-state index in [-0.39, 0.29) is 5.91 Å². The Bertz CT molecular complexity index is 911. The van der Waals surface area contributed by atoms with Gasteiger partial charge in [-0.15, -0.1) is 11.3 Å². The second-order valence-electron chi connectivity index (χ2n) is 6.37. The number of rotatable bonds is 3. The zero-order valence-corrected chi connectivity index (χ0v) is 14.8. The van der Waals surface area contributed by atoms with Crippen LogP contribution in [0.2, 0.25) is 0 Å². The van der Waals surface area contributed by atoms with Gasteiger partial charge in [0.15, 0.2) is 4.96 Å². The number of pyridine rings is 1. The molecular formula is C18H20N4OS. The molecule has 0 aromatic carbocycles. The molecule has 5 nitrogen and oxygen atoms in total. The molecule has 6 heteroatoms. The lowest BCUT2D eigenvalue weighted by molar-refractivity contribution is 0.0776. The third-order valence-electron chi connectivity index (χ3n) is 4.69. The van der Waals surface area contributed by atoms with Crippen molar-refractivity contribution in [1.82, 2.24) is 19.3 Å². The second-order valence-corrected chi connectivity index (χ2v) is 7.24. The van der Waals surface area contributed by atoms with Gasteiger partial charge in [0, 0.05) is 24.3 Å². The van der Waals surface area contributed by atoms with E-state index in [2.05, 4.69) is 20.4 Å². The highest BCUT2D eigenvalue weighted by Gasteiger charge is 2.19. The number of hydrogen-bond acceptors (Lipinski definition) is 4. The molecule has 0 fully saturated rings. The van der Waals surface area contributed by atoms with Crippen molar-refractivity contribution in [3.8, 4) is 0 Å². The Morgan fingerprint density at radius 1 is 1.29 bits per heavy atom. The van der Waals surface area contributed by atoms with E-state index in [9.17, 15) is 4.79 Å². The van der Waals surface area contributed by atoms with E-state index in [1.54, 1.807) is 16.2 Å². The zero-order chi connectivity index (χ0) is 16.7. The number of amides is 1. The number of imidazole rings is 1. The van der Waals surface area contributed by atoms with Crippen molar-refractivity contribution in [2.24, 2.45) is 0 Å². The van der Waals surface area contributed by atoms with E-state index in [1.165, 1.54) is 18.4 Å². The normalized spacial score (nSPS) is 13.9. The maximum Gasteiger partial charge on any atom is 0.272 e. The minimum atomic E-state index is -0.0343. The molecule has 0 unspecified atom stereocenters. The summed E-state index contributed by atoms with van der Waals surface area (Å²) in [6.45, 7) is 2.52. The summed E-state index contributed by atoms with van der Waals surface area (Å²) >= 11 is 1.61. The van der Waals surface area contributed by atoms with E-state index in [0.717, 1.165) is 34.9 Å². The third kappa shape index (κ3) is 2.60. The number of hydrogen-bond donors (Lipinski definition) is 0. The lowest BCUT2D eigenvalue weighted by Crippen LogP contribution is -2.28. The number of fused-ring (bicyclic) bond motifs is 2. The SMILES string of the molecule is Cc1nc2sccn2c1CN(C)C(=O)c1ccc2c(n1)CCCC2. The predicted molar refractivity (Wildman–Crippen MR) is 94.5 cm³/mol. The highest BCUT2D eigenvalue weighted by Crippen LogP contribution is 2.21. The molecule has 0 radical (unpaired) electrons. The predicted octanol–water partition coefficient (Wildman–Crippen LogP) is 3.25. The monoisotopic (exact) mass is 340 g/mol. The van der Waals surface area contributed by atoms with Crippen molar-refractivity contribution in [3.05, 3.63) is 52.0 Å². The van der Waals surface area contributed by atoms with Crippen LogP contribution >= 0.6 is 11.3 Å². The second kappa shape index (κ2) is 6.02. The topological polar surface area (TPSA) is 50.5 Å². The van der Waals surface area contributed by atoms with E-state index >= 15 is 0 Å². The van der Waals surface area contributed by atoms with Gasteiger partial charge in [0.2, 0.25) is 0 Å². The van der Waals surface area contributed by atoms with E-state index in [1.807, 2.05) is 31.6 Å². The standard InChI is InChI=1S/C18H20N4OS/c1-12-16(22-9-10-24-18(22)19-12)11-21(2)17(23)15-8-7-13-5-3-4-6-14(13)20-15/h7-10H,3-6,11H2,1-2H3.